The lowest BCUT2D eigenvalue weighted by molar-refractivity contribution is 0.00479. The van der Waals surface area contributed by atoms with E-state index in [0.717, 1.165) is 13.1 Å². The Balaban J connectivity index is 1.75. The highest BCUT2D eigenvalue weighted by Gasteiger charge is 2.42. The van der Waals surface area contributed by atoms with Gasteiger partial charge in [-0.05, 0) is 38.3 Å². The summed E-state index contributed by atoms with van der Waals surface area (Å²) in [6.45, 7) is 7.99. The molecule has 1 spiro atoms. The van der Waals surface area contributed by atoms with Crippen LogP contribution in [0.2, 0.25) is 0 Å². The highest BCUT2D eigenvalue weighted by atomic mass is 15.3. The summed E-state index contributed by atoms with van der Waals surface area (Å²) in [7, 11) is 0. The number of nitrogens with one attached hydrogen (secondary N) is 1. The van der Waals surface area contributed by atoms with Crippen LogP contribution in [0.4, 0.5) is 0 Å². The molecule has 2 heterocycles. The quantitative estimate of drug-likeness (QED) is 0.898. The van der Waals surface area contributed by atoms with Gasteiger partial charge in [0.25, 0.3) is 0 Å². The van der Waals surface area contributed by atoms with E-state index in [0.29, 0.717) is 5.54 Å². The number of rotatable bonds is 2. The van der Waals surface area contributed by atoms with Crippen LogP contribution in [-0.2, 0) is 6.54 Å². The van der Waals surface area contributed by atoms with E-state index in [1.54, 1.807) is 0 Å². The minimum atomic E-state index is 0.221. The molecule has 0 radical (unpaired) electrons. The fourth-order valence-electron chi connectivity index (χ4n) is 3.70. The maximum absolute atomic E-state index is 4.26. The van der Waals surface area contributed by atoms with Gasteiger partial charge in [0.05, 0.1) is 0 Å². The number of aromatic nitrogens is 1. The zero-order valence-corrected chi connectivity index (χ0v) is 12.9. The molecule has 3 nitrogen and oxygen atoms in total. The van der Waals surface area contributed by atoms with Gasteiger partial charge in [0, 0.05) is 43.1 Å². The molecule has 1 aromatic rings. The molecule has 1 aliphatic carbocycles. The fourth-order valence-corrected chi connectivity index (χ4v) is 3.70. The fraction of sp³-hybridized carbons (Fsp3) is 0.706. The molecule has 3 rings (SSSR count). The van der Waals surface area contributed by atoms with Gasteiger partial charge in [-0.25, -0.2) is 0 Å². The Morgan fingerprint density at radius 3 is 2.75 bits per heavy atom. The average molecular weight is 273 g/mol. The molecule has 1 N–H and O–H groups in total. The Bertz CT molecular complexity index is 435. The van der Waals surface area contributed by atoms with Gasteiger partial charge >= 0.3 is 0 Å². The third-order valence-electron chi connectivity index (χ3n) is 5.15. The maximum Gasteiger partial charge on any atom is 0.0312 e. The molecule has 20 heavy (non-hydrogen) atoms. The summed E-state index contributed by atoms with van der Waals surface area (Å²) in [6.07, 6.45) is 10.7. The Kier molecular flexibility index (Phi) is 3.83. The number of piperazine rings is 1. The summed E-state index contributed by atoms with van der Waals surface area (Å²) in [5, 5.41) is 3.88. The minimum absolute atomic E-state index is 0.221. The Morgan fingerprint density at radius 2 is 2.05 bits per heavy atom. The molecular weight excluding hydrogens is 246 g/mol. The van der Waals surface area contributed by atoms with E-state index in [2.05, 4.69) is 35.1 Å². The lowest BCUT2D eigenvalue weighted by Gasteiger charge is -2.53. The van der Waals surface area contributed by atoms with Crippen molar-refractivity contribution < 1.29 is 0 Å². The van der Waals surface area contributed by atoms with Crippen LogP contribution in [0.25, 0.3) is 0 Å². The van der Waals surface area contributed by atoms with Crippen molar-refractivity contribution in [2.24, 2.45) is 0 Å². The van der Waals surface area contributed by atoms with E-state index >= 15 is 0 Å². The second-order valence-electron chi connectivity index (χ2n) is 7.22. The highest BCUT2D eigenvalue weighted by Crippen LogP contribution is 2.35. The molecule has 0 atom stereocenters. The number of hydrogen-bond donors (Lipinski definition) is 1. The van der Waals surface area contributed by atoms with E-state index < -0.39 is 0 Å². The van der Waals surface area contributed by atoms with Gasteiger partial charge in [-0.3, -0.25) is 9.88 Å². The molecular formula is C17H27N3. The van der Waals surface area contributed by atoms with Crippen molar-refractivity contribution in [3.05, 3.63) is 30.1 Å². The zero-order valence-electron chi connectivity index (χ0n) is 12.9. The van der Waals surface area contributed by atoms with E-state index in [1.165, 1.54) is 44.2 Å². The van der Waals surface area contributed by atoms with Gasteiger partial charge < -0.3 is 5.32 Å². The van der Waals surface area contributed by atoms with E-state index in [4.69, 9.17) is 0 Å². The van der Waals surface area contributed by atoms with Crippen LogP contribution in [0, 0.1) is 0 Å². The molecule has 2 aliphatic rings. The van der Waals surface area contributed by atoms with Gasteiger partial charge in [0.1, 0.15) is 0 Å². The highest BCUT2D eigenvalue weighted by molar-refractivity contribution is 5.11. The van der Waals surface area contributed by atoms with Crippen molar-refractivity contribution in [3.8, 4) is 0 Å². The van der Waals surface area contributed by atoms with Crippen molar-refractivity contribution in [2.45, 2.75) is 63.6 Å². The van der Waals surface area contributed by atoms with Crippen LogP contribution in [0.1, 0.15) is 51.5 Å². The second-order valence-corrected chi connectivity index (χ2v) is 7.22. The Labute approximate surface area is 122 Å². The molecule has 1 saturated carbocycles. The topological polar surface area (TPSA) is 28.2 Å². The molecule has 2 fully saturated rings. The van der Waals surface area contributed by atoms with Gasteiger partial charge in [0.15, 0.2) is 0 Å². The number of hydrogen-bond acceptors (Lipinski definition) is 3. The van der Waals surface area contributed by atoms with Crippen LogP contribution < -0.4 is 5.32 Å². The molecule has 1 aliphatic heterocycles. The minimum Gasteiger partial charge on any atom is -0.308 e. The summed E-state index contributed by atoms with van der Waals surface area (Å²) in [5.41, 5.74) is 1.92. The molecule has 1 saturated heterocycles. The summed E-state index contributed by atoms with van der Waals surface area (Å²) < 4.78 is 0. The lowest BCUT2D eigenvalue weighted by Crippen LogP contribution is -2.68. The first-order valence-electron chi connectivity index (χ1n) is 7.99. The standard InChI is InChI=1S/C17H27N3/c1-16(2)13-19-17(8-4-3-5-9-17)14-20(16)12-15-7-6-10-18-11-15/h6-7,10-11,19H,3-5,8-9,12-14H2,1-2H3. The van der Waals surface area contributed by atoms with E-state index in [-0.39, 0.29) is 5.54 Å². The predicted octanol–water partition coefficient (Wildman–Crippen LogP) is 2.97. The first-order chi connectivity index (χ1) is 9.60. The number of pyridine rings is 1. The molecule has 0 unspecified atom stereocenters. The Hall–Kier alpha value is -0.930. The van der Waals surface area contributed by atoms with Crippen molar-refractivity contribution in [1.82, 2.24) is 15.2 Å². The van der Waals surface area contributed by atoms with Crippen LogP contribution >= 0.6 is 0 Å². The van der Waals surface area contributed by atoms with Crippen LogP contribution in [0.15, 0.2) is 24.5 Å². The smallest absolute Gasteiger partial charge is 0.0312 e. The Morgan fingerprint density at radius 1 is 1.25 bits per heavy atom. The van der Waals surface area contributed by atoms with E-state index in [1.807, 2.05) is 18.5 Å². The summed E-state index contributed by atoms with van der Waals surface area (Å²) >= 11 is 0. The third-order valence-corrected chi connectivity index (χ3v) is 5.15. The van der Waals surface area contributed by atoms with Crippen LogP contribution in [0.5, 0.6) is 0 Å². The lowest BCUT2D eigenvalue weighted by atomic mass is 9.77. The average Bonchev–Trinajstić information content (AvgIpc) is 2.46. The summed E-state index contributed by atoms with van der Waals surface area (Å²) in [6, 6.07) is 4.24. The van der Waals surface area contributed by atoms with Crippen molar-refractivity contribution in [3.63, 3.8) is 0 Å². The van der Waals surface area contributed by atoms with Gasteiger partial charge in [-0.1, -0.05) is 25.3 Å². The summed E-state index contributed by atoms with van der Waals surface area (Å²) in [4.78, 5) is 6.92. The SMILES string of the molecule is CC1(C)CNC2(CCCCC2)CN1Cc1cccnc1. The first kappa shape index (κ1) is 14.0. The van der Waals surface area contributed by atoms with Gasteiger partial charge in [-0.2, -0.15) is 0 Å². The van der Waals surface area contributed by atoms with Gasteiger partial charge in [0.2, 0.25) is 0 Å². The largest absolute Gasteiger partial charge is 0.308 e. The molecule has 3 heteroatoms. The van der Waals surface area contributed by atoms with E-state index in [9.17, 15) is 0 Å². The first-order valence-corrected chi connectivity index (χ1v) is 7.99. The molecule has 1 aromatic heterocycles. The molecule has 0 bridgehead atoms. The molecule has 0 aromatic carbocycles. The van der Waals surface area contributed by atoms with Crippen LogP contribution in [0.3, 0.4) is 0 Å². The predicted molar refractivity (Wildman–Crippen MR) is 82.5 cm³/mol. The summed E-state index contributed by atoms with van der Waals surface area (Å²) in [5.74, 6) is 0. The maximum atomic E-state index is 4.26. The normalized spacial score (nSPS) is 25.7. The van der Waals surface area contributed by atoms with Crippen LogP contribution in [-0.4, -0.2) is 34.1 Å². The monoisotopic (exact) mass is 273 g/mol. The molecule has 110 valence electrons. The zero-order chi connectivity index (χ0) is 14.1. The second kappa shape index (κ2) is 5.45. The molecule has 0 amide bonds. The van der Waals surface area contributed by atoms with Crippen molar-refractivity contribution in [1.29, 1.82) is 0 Å². The van der Waals surface area contributed by atoms with Gasteiger partial charge in [-0.15, -0.1) is 0 Å². The third kappa shape index (κ3) is 2.89. The van der Waals surface area contributed by atoms with Crippen molar-refractivity contribution in [2.75, 3.05) is 13.1 Å². The van der Waals surface area contributed by atoms with Crippen molar-refractivity contribution >= 4 is 0 Å². The number of nitrogens with zero attached hydrogens (tertiary/aromatic N) is 2.